The Morgan fingerprint density at radius 1 is 1.50 bits per heavy atom. The van der Waals surface area contributed by atoms with E-state index in [1.165, 1.54) is 6.21 Å². The largest absolute Gasteiger partial charge is 0.381 e. The Hall–Kier alpha value is -0.700. The third-order valence-electron chi connectivity index (χ3n) is 2.70. The monoisotopic (exact) mass is 198 g/mol. The Bertz CT molecular complexity index is 180. The van der Waals surface area contributed by atoms with Gasteiger partial charge in [0.2, 0.25) is 0 Å². The fourth-order valence-electron chi connectivity index (χ4n) is 1.42. The molecule has 0 rings (SSSR count). The highest BCUT2D eigenvalue weighted by Gasteiger charge is 2.15. The van der Waals surface area contributed by atoms with Gasteiger partial charge in [-0.3, -0.25) is 0 Å². The standard InChI is InChI=1S/C11H22N2O/c1-4-11(13)6-5-10(7-8-12)9(2)14-3/h8-10,12-13H,4-7H2,1-3H3. The number of nitrogens with one attached hydrogen (secondary N) is 2. The summed E-state index contributed by atoms with van der Waals surface area (Å²) in [6.45, 7) is 4.04. The summed E-state index contributed by atoms with van der Waals surface area (Å²) in [7, 11) is 1.70. The van der Waals surface area contributed by atoms with Crippen molar-refractivity contribution in [2.75, 3.05) is 7.11 Å². The molecular weight excluding hydrogens is 176 g/mol. The predicted octanol–water partition coefficient (Wildman–Crippen LogP) is 2.89. The molecule has 0 aromatic rings. The van der Waals surface area contributed by atoms with Crippen LogP contribution in [0.15, 0.2) is 0 Å². The second kappa shape index (κ2) is 7.68. The molecule has 3 nitrogen and oxygen atoms in total. The molecule has 3 heteroatoms. The maximum absolute atomic E-state index is 7.56. The van der Waals surface area contributed by atoms with Gasteiger partial charge in [0.25, 0.3) is 0 Å². The number of ether oxygens (including phenoxy) is 1. The van der Waals surface area contributed by atoms with Crippen LogP contribution in [0.4, 0.5) is 0 Å². The molecule has 0 saturated heterocycles. The van der Waals surface area contributed by atoms with Crippen LogP contribution < -0.4 is 0 Å². The van der Waals surface area contributed by atoms with Crippen LogP contribution in [0.3, 0.4) is 0 Å². The Balaban J connectivity index is 3.95. The number of rotatable bonds is 8. The molecule has 0 fully saturated rings. The average molecular weight is 198 g/mol. The second-order valence-electron chi connectivity index (χ2n) is 3.64. The minimum absolute atomic E-state index is 0.182. The summed E-state index contributed by atoms with van der Waals surface area (Å²) >= 11 is 0. The van der Waals surface area contributed by atoms with Gasteiger partial charge < -0.3 is 15.6 Å². The van der Waals surface area contributed by atoms with E-state index in [-0.39, 0.29) is 6.10 Å². The van der Waals surface area contributed by atoms with Gasteiger partial charge in [0.15, 0.2) is 0 Å². The topological polar surface area (TPSA) is 56.9 Å². The van der Waals surface area contributed by atoms with Gasteiger partial charge in [-0.2, -0.15) is 0 Å². The van der Waals surface area contributed by atoms with E-state index in [2.05, 4.69) is 0 Å². The normalized spacial score (nSPS) is 14.8. The van der Waals surface area contributed by atoms with Gasteiger partial charge in [0.1, 0.15) is 0 Å². The predicted molar refractivity (Wildman–Crippen MR) is 60.6 cm³/mol. The van der Waals surface area contributed by atoms with E-state index in [1.54, 1.807) is 7.11 Å². The highest BCUT2D eigenvalue weighted by molar-refractivity contribution is 5.80. The zero-order chi connectivity index (χ0) is 11.0. The minimum atomic E-state index is 0.182. The van der Waals surface area contributed by atoms with Crippen LogP contribution in [0.5, 0.6) is 0 Å². The summed E-state index contributed by atoms with van der Waals surface area (Å²) in [4.78, 5) is 0. The molecule has 0 aliphatic rings. The van der Waals surface area contributed by atoms with E-state index < -0.39 is 0 Å². The van der Waals surface area contributed by atoms with Crippen molar-refractivity contribution in [3.63, 3.8) is 0 Å². The van der Waals surface area contributed by atoms with Crippen LogP contribution >= 0.6 is 0 Å². The van der Waals surface area contributed by atoms with Gasteiger partial charge >= 0.3 is 0 Å². The van der Waals surface area contributed by atoms with E-state index in [0.717, 1.165) is 31.4 Å². The molecule has 0 heterocycles. The van der Waals surface area contributed by atoms with Crippen LogP contribution in [0.1, 0.15) is 39.5 Å². The van der Waals surface area contributed by atoms with Crippen LogP contribution in [-0.2, 0) is 4.74 Å². The first-order valence-corrected chi connectivity index (χ1v) is 5.23. The summed E-state index contributed by atoms with van der Waals surface area (Å²) < 4.78 is 5.26. The molecule has 82 valence electrons. The van der Waals surface area contributed by atoms with Crippen molar-refractivity contribution in [3.05, 3.63) is 0 Å². The second-order valence-corrected chi connectivity index (χ2v) is 3.64. The zero-order valence-electron chi connectivity index (χ0n) is 9.47. The Morgan fingerprint density at radius 2 is 2.14 bits per heavy atom. The van der Waals surface area contributed by atoms with E-state index in [4.69, 9.17) is 15.6 Å². The van der Waals surface area contributed by atoms with Crippen molar-refractivity contribution in [2.45, 2.75) is 45.6 Å². The molecule has 14 heavy (non-hydrogen) atoms. The molecule has 0 aliphatic heterocycles. The van der Waals surface area contributed by atoms with Crippen LogP contribution in [0, 0.1) is 16.7 Å². The lowest BCUT2D eigenvalue weighted by atomic mass is 9.93. The summed E-state index contributed by atoms with van der Waals surface area (Å²) in [5.41, 5.74) is 0.795. The lowest BCUT2D eigenvalue weighted by molar-refractivity contribution is 0.0670. The molecule has 0 amide bonds. The lowest BCUT2D eigenvalue weighted by Gasteiger charge is -2.21. The van der Waals surface area contributed by atoms with Crippen molar-refractivity contribution >= 4 is 11.9 Å². The van der Waals surface area contributed by atoms with Crippen molar-refractivity contribution in [3.8, 4) is 0 Å². The summed E-state index contributed by atoms with van der Waals surface area (Å²) in [6, 6.07) is 0. The number of methoxy groups -OCH3 is 1. The number of hydrogen-bond donors (Lipinski definition) is 2. The van der Waals surface area contributed by atoms with Crippen molar-refractivity contribution in [1.82, 2.24) is 0 Å². The van der Waals surface area contributed by atoms with Gasteiger partial charge in [0.05, 0.1) is 6.10 Å². The quantitative estimate of drug-likeness (QED) is 0.579. The van der Waals surface area contributed by atoms with E-state index in [0.29, 0.717) is 5.92 Å². The van der Waals surface area contributed by atoms with Gasteiger partial charge in [0, 0.05) is 12.8 Å². The molecule has 0 bridgehead atoms. The zero-order valence-corrected chi connectivity index (χ0v) is 9.47. The molecule has 0 aliphatic carbocycles. The molecule has 0 saturated carbocycles. The summed E-state index contributed by atoms with van der Waals surface area (Å²) in [5.74, 6) is 0.379. The van der Waals surface area contributed by atoms with Crippen molar-refractivity contribution in [2.24, 2.45) is 5.92 Å². The Kier molecular flexibility index (Phi) is 7.30. The summed E-state index contributed by atoms with van der Waals surface area (Å²) in [6.07, 6.45) is 5.00. The van der Waals surface area contributed by atoms with E-state index in [1.807, 2.05) is 13.8 Å². The number of hydrogen-bond acceptors (Lipinski definition) is 3. The lowest BCUT2D eigenvalue weighted by Crippen LogP contribution is -2.20. The molecule has 0 radical (unpaired) electrons. The minimum Gasteiger partial charge on any atom is -0.381 e. The Labute approximate surface area is 86.9 Å². The summed E-state index contributed by atoms with van der Waals surface area (Å²) in [5, 5.41) is 14.7. The maximum atomic E-state index is 7.56. The molecular formula is C11H22N2O. The third kappa shape index (κ3) is 5.12. The first kappa shape index (κ1) is 13.3. The third-order valence-corrected chi connectivity index (χ3v) is 2.70. The van der Waals surface area contributed by atoms with Gasteiger partial charge in [-0.25, -0.2) is 0 Å². The Morgan fingerprint density at radius 3 is 2.57 bits per heavy atom. The average Bonchev–Trinajstić information content (AvgIpc) is 2.22. The SMILES string of the molecule is CCC(=N)CCC(CC=N)C(C)OC. The smallest absolute Gasteiger partial charge is 0.0575 e. The van der Waals surface area contributed by atoms with E-state index >= 15 is 0 Å². The maximum Gasteiger partial charge on any atom is 0.0575 e. The highest BCUT2D eigenvalue weighted by atomic mass is 16.5. The van der Waals surface area contributed by atoms with Gasteiger partial charge in [-0.1, -0.05) is 6.92 Å². The fraction of sp³-hybridized carbons (Fsp3) is 0.818. The first-order valence-electron chi connectivity index (χ1n) is 5.23. The first-order chi connectivity index (χ1) is 6.65. The van der Waals surface area contributed by atoms with E-state index in [9.17, 15) is 0 Å². The molecule has 2 N–H and O–H groups in total. The van der Waals surface area contributed by atoms with Crippen LogP contribution in [0.2, 0.25) is 0 Å². The molecule has 2 unspecified atom stereocenters. The fourth-order valence-corrected chi connectivity index (χ4v) is 1.42. The van der Waals surface area contributed by atoms with Crippen molar-refractivity contribution < 1.29 is 4.74 Å². The van der Waals surface area contributed by atoms with Crippen LogP contribution in [-0.4, -0.2) is 25.1 Å². The van der Waals surface area contributed by atoms with Gasteiger partial charge in [-0.15, -0.1) is 0 Å². The highest BCUT2D eigenvalue weighted by Crippen LogP contribution is 2.17. The molecule has 0 aromatic carbocycles. The van der Waals surface area contributed by atoms with Gasteiger partial charge in [-0.05, 0) is 44.7 Å². The van der Waals surface area contributed by atoms with Crippen molar-refractivity contribution in [1.29, 1.82) is 10.8 Å². The molecule has 2 atom stereocenters. The molecule has 0 aromatic heterocycles. The molecule has 0 spiro atoms. The van der Waals surface area contributed by atoms with Crippen LogP contribution in [0.25, 0.3) is 0 Å².